The molecular formula is C13H15N5O3. The fourth-order valence-corrected chi connectivity index (χ4v) is 1.78. The van der Waals surface area contributed by atoms with E-state index in [0.717, 1.165) is 11.1 Å². The van der Waals surface area contributed by atoms with Crippen molar-refractivity contribution in [3.63, 3.8) is 0 Å². The van der Waals surface area contributed by atoms with E-state index in [-0.39, 0.29) is 23.2 Å². The zero-order chi connectivity index (χ0) is 15.6. The van der Waals surface area contributed by atoms with Gasteiger partial charge in [-0.15, -0.1) is 0 Å². The van der Waals surface area contributed by atoms with E-state index in [1.54, 1.807) is 12.1 Å². The number of nitro groups is 1. The summed E-state index contributed by atoms with van der Waals surface area (Å²) in [5.74, 6) is 5.61. The van der Waals surface area contributed by atoms with Gasteiger partial charge in [0.2, 0.25) is 5.95 Å². The molecule has 0 unspecified atom stereocenters. The average molecular weight is 289 g/mol. The van der Waals surface area contributed by atoms with Crippen LogP contribution in [0.25, 0.3) is 0 Å². The lowest BCUT2D eigenvalue weighted by Crippen LogP contribution is -2.12. The van der Waals surface area contributed by atoms with Gasteiger partial charge in [-0.05, 0) is 44.0 Å². The van der Waals surface area contributed by atoms with Crippen LogP contribution >= 0.6 is 0 Å². The number of nitrogens with zero attached hydrogens (tertiary/aromatic N) is 3. The van der Waals surface area contributed by atoms with E-state index in [9.17, 15) is 10.1 Å². The van der Waals surface area contributed by atoms with Crippen LogP contribution < -0.4 is 16.0 Å². The second kappa shape index (κ2) is 5.71. The maximum atomic E-state index is 11.1. The maximum absolute atomic E-state index is 11.1. The van der Waals surface area contributed by atoms with Crippen LogP contribution in [0.15, 0.2) is 18.2 Å². The Morgan fingerprint density at radius 1 is 1.24 bits per heavy atom. The molecule has 0 radical (unpaired) electrons. The highest BCUT2D eigenvalue weighted by molar-refractivity contribution is 5.50. The van der Waals surface area contributed by atoms with Crippen LogP contribution in [0.4, 0.5) is 11.6 Å². The van der Waals surface area contributed by atoms with Gasteiger partial charge in [-0.1, -0.05) is 6.07 Å². The molecule has 8 nitrogen and oxygen atoms in total. The van der Waals surface area contributed by atoms with E-state index in [1.165, 1.54) is 6.92 Å². The molecule has 110 valence electrons. The minimum Gasteiger partial charge on any atom is -0.434 e. The second-order valence-corrected chi connectivity index (χ2v) is 4.54. The molecular weight excluding hydrogens is 274 g/mol. The summed E-state index contributed by atoms with van der Waals surface area (Å²) in [6.45, 7) is 5.38. The van der Waals surface area contributed by atoms with Crippen LogP contribution in [0.2, 0.25) is 0 Å². The SMILES string of the molecule is Cc1ccc(Oc2nc(NN)nc(C)c2[N+](=O)[O-])cc1C. The van der Waals surface area contributed by atoms with Crippen LogP contribution in [-0.2, 0) is 0 Å². The molecule has 3 N–H and O–H groups in total. The van der Waals surface area contributed by atoms with Gasteiger partial charge in [-0.25, -0.2) is 10.8 Å². The second-order valence-electron chi connectivity index (χ2n) is 4.54. The zero-order valence-corrected chi connectivity index (χ0v) is 11.9. The summed E-state index contributed by atoms with van der Waals surface area (Å²) in [5.41, 5.74) is 4.25. The predicted octanol–water partition coefficient (Wildman–Crippen LogP) is 2.39. The van der Waals surface area contributed by atoms with E-state index >= 15 is 0 Å². The van der Waals surface area contributed by atoms with Gasteiger partial charge < -0.3 is 4.74 Å². The standard InChI is InChI=1S/C13H15N5O3/c1-7-4-5-10(6-8(7)2)21-12-11(18(19)20)9(3)15-13(16-12)17-14/h4-6H,14H2,1-3H3,(H,15,16,17). The zero-order valence-electron chi connectivity index (χ0n) is 11.9. The maximum Gasteiger partial charge on any atom is 0.352 e. The van der Waals surface area contributed by atoms with Crippen LogP contribution in [-0.4, -0.2) is 14.9 Å². The van der Waals surface area contributed by atoms with Crippen molar-refractivity contribution < 1.29 is 9.66 Å². The minimum atomic E-state index is -0.577. The van der Waals surface area contributed by atoms with Crippen molar-refractivity contribution in [1.29, 1.82) is 0 Å². The number of ether oxygens (including phenoxy) is 1. The number of nitrogen functional groups attached to an aromatic ring is 1. The molecule has 0 bridgehead atoms. The van der Waals surface area contributed by atoms with Crippen molar-refractivity contribution in [1.82, 2.24) is 9.97 Å². The third-order valence-electron chi connectivity index (χ3n) is 3.03. The molecule has 2 aromatic rings. The monoisotopic (exact) mass is 289 g/mol. The Kier molecular flexibility index (Phi) is 3.99. The normalized spacial score (nSPS) is 10.3. The van der Waals surface area contributed by atoms with Gasteiger partial charge in [-0.2, -0.15) is 4.98 Å². The van der Waals surface area contributed by atoms with Crippen molar-refractivity contribution in [3.8, 4) is 11.6 Å². The Hall–Kier alpha value is -2.74. The Bertz CT molecular complexity index is 702. The summed E-state index contributed by atoms with van der Waals surface area (Å²) in [6.07, 6.45) is 0. The first kappa shape index (κ1) is 14.7. The van der Waals surface area contributed by atoms with Gasteiger partial charge in [0.25, 0.3) is 0 Å². The molecule has 0 atom stereocenters. The van der Waals surface area contributed by atoms with Crippen LogP contribution in [0, 0.1) is 30.9 Å². The molecule has 0 aliphatic carbocycles. The summed E-state index contributed by atoms with van der Waals surface area (Å²) in [5, 5.41) is 11.1. The first-order chi connectivity index (χ1) is 9.92. The number of anilines is 1. The summed E-state index contributed by atoms with van der Waals surface area (Å²) in [7, 11) is 0. The molecule has 0 amide bonds. The first-order valence-electron chi connectivity index (χ1n) is 6.17. The smallest absolute Gasteiger partial charge is 0.352 e. The molecule has 21 heavy (non-hydrogen) atoms. The number of benzene rings is 1. The Balaban J connectivity index is 2.48. The predicted molar refractivity (Wildman–Crippen MR) is 77.2 cm³/mol. The number of hydrogen-bond acceptors (Lipinski definition) is 7. The molecule has 1 heterocycles. The first-order valence-corrected chi connectivity index (χ1v) is 6.17. The van der Waals surface area contributed by atoms with Crippen molar-refractivity contribution in [2.45, 2.75) is 20.8 Å². The highest BCUT2D eigenvalue weighted by Gasteiger charge is 2.24. The number of rotatable bonds is 4. The molecule has 8 heteroatoms. The van der Waals surface area contributed by atoms with Gasteiger partial charge in [-0.3, -0.25) is 15.5 Å². The molecule has 2 rings (SSSR count). The molecule has 0 aliphatic rings. The molecule has 0 spiro atoms. The van der Waals surface area contributed by atoms with Gasteiger partial charge in [0.05, 0.1) is 4.92 Å². The summed E-state index contributed by atoms with van der Waals surface area (Å²) in [4.78, 5) is 18.4. The minimum absolute atomic E-state index is 0.0527. The lowest BCUT2D eigenvalue weighted by molar-refractivity contribution is -0.386. The van der Waals surface area contributed by atoms with Crippen LogP contribution in [0.1, 0.15) is 16.8 Å². The topological polar surface area (TPSA) is 116 Å². The quantitative estimate of drug-likeness (QED) is 0.504. The Morgan fingerprint density at radius 3 is 2.52 bits per heavy atom. The van der Waals surface area contributed by atoms with Crippen molar-refractivity contribution in [2.75, 3.05) is 5.43 Å². The number of hydrazine groups is 1. The largest absolute Gasteiger partial charge is 0.434 e. The number of hydrogen-bond donors (Lipinski definition) is 2. The summed E-state index contributed by atoms with van der Waals surface area (Å²) < 4.78 is 5.54. The number of aromatic nitrogens is 2. The van der Waals surface area contributed by atoms with E-state index in [1.807, 2.05) is 19.9 Å². The highest BCUT2D eigenvalue weighted by atomic mass is 16.6. The van der Waals surface area contributed by atoms with Gasteiger partial charge in [0, 0.05) is 0 Å². The number of nitrogens with two attached hydrogens (primary N) is 1. The molecule has 0 saturated heterocycles. The lowest BCUT2D eigenvalue weighted by atomic mass is 10.1. The van der Waals surface area contributed by atoms with Gasteiger partial charge in [0.1, 0.15) is 11.4 Å². The Morgan fingerprint density at radius 2 is 1.95 bits per heavy atom. The molecule has 0 aliphatic heterocycles. The van der Waals surface area contributed by atoms with E-state index in [2.05, 4.69) is 15.4 Å². The Labute approximate surface area is 121 Å². The molecule has 1 aromatic heterocycles. The molecule has 0 saturated carbocycles. The fourth-order valence-electron chi connectivity index (χ4n) is 1.78. The molecule has 1 aromatic carbocycles. The van der Waals surface area contributed by atoms with Crippen LogP contribution in [0.3, 0.4) is 0 Å². The van der Waals surface area contributed by atoms with Crippen molar-refractivity contribution in [3.05, 3.63) is 45.1 Å². The van der Waals surface area contributed by atoms with E-state index < -0.39 is 4.92 Å². The lowest BCUT2D eigenvalue weighted by Gasteiger charge is -2.09. The van der Waals surface area contributed by atoms with Crippen molar-refractivity contribution >= 4 is 11.6 Å². The number of aryl methyl sites for hydroxylation is 3. The third kappa shape index (κ3) is 3.06. The van der Waals surface area contributed by atoms with E-state index in [0.29, 0.717) is 5.75 Å². The van der Waals surface area contributed by atoms with Gasteiger partial charge in [0.15, 0.2) is 0 Å². The van der Waals surface area contributed by atoms with E-state index in [4.69, 9.17) is 10.6 Å². The molecule has 0 fully saturated rings. The highest BCUT2D eigenvalue weighted by Crippen LogP contribution is 2.32. The fraction of sp³-hybridized carbons (Fsp3) is 0.231. The van der Waals surface area contributed by atoms with Crippen molar-refractivity contribution in [2.24, 2.45) is 5.84 Å². The third-order valence-corrected chi connectivity index (χ3v) is 3.03. The summed E-state index contributed by atoms with van der Waals surface area (Å²) in [6, 6.07) is 5.37. The number of nitrogens with one attached hydrogen (secondary N) is 1. The van der Waals surface area contributed by atoms with Crippen LogP contribution in [0.5, 0.6) is 11.6 Å². The summed E-state index contributed by atoms with van der Waals surface area (Å²) >= 11 is 0. The van der Waals surface area contributed by atoms with Gasteiger partial charge >= 0.3 is 11.6 Å². The average Bonchev–Trinajstić information content (AvgIpc) is 2.41.